The summed E-state index contributed by atoms with van der Waals surface area (Å²) in [5.41, 5.74) is -3.14. The van der Waals surface area contributed by atoms with Crippen LogP contribution in [0.25, 0.3) is 0 Å². The molecule has 0 unspecified atom stereocenters. The number of carboxylic acids is 1. The largest absolute Gasteiger partial charge is 0.867 e. The number of hydrogen-bond acceptors (Lipinski definition) is 7. The third-order valence-corrected chi connectivity index (χ3v) is 5.04. The Hall–Kier alpha value is -1.91. The standard InChI is InChI=1S/C7H4N2O7.2C2H5.Sn/c10-6-4(7(11)12)1-3(8(13)14)2-5(6)9(15)16;2*1-2;/h1-2,10H,(H,11,12);2*1H2,2H3;/q;;;+2/p-2. The topological polar surface area (TPSA) is 149 Å². The van der Waals surface area contributed by atoms with Crippen LogP contribution in [-0.4, -0.2) is 37.0 Å². The predicted octanol–water partition coefficient (Wildman–Crippen LogP) is 0.507. The first-order valence-electron chi connectivity index (χ1n) is 5.82. The van der Waals surface area contributed by atoms with E-state index >= 15 is 0 Å². The van der Waals surface area contributed by atoms with Crippen molar-refractivity contribution in [2.45, 2.75) is 22.7 Å². The van der Waals surface area contributed by atoms with E-state index in [2.05, 4.69) is 13.8 Å². The van der Waals surface area contributed by atoms with Crippen molar-refractivity contribution in [1.82, 2.24) is 0 Å². The molecule has 9 nitrogen and oxygen atoms in total. The summed E-state index contributed by atoms with van der Waals surface area (Å²) in [6, 6.07) is 0.819. The van der Waals surface area contributed by atoms with Crippen molar-refractivity contribution in [3.8, 4) is 5.75 Å². The molecular formula is C11H12N2O7Sn. The summed E-state index contributed by atoms with van der Waals surface area (Å²) in [5, 5.41) is 42.2. The molecule has 1 rings (SSSR count). The van der Waals surface area contributed by atoms with Gasteiger partial charge in [0.15, 0.2) is 0 Å². The van der Waals surface area contributed by atoms with Gasteiger partial charge >= 0.3 is 43.9 Å². The van der Waals surface area contributed by atoms with Crippen LogP contribution in [0.5, 0.6) is 5.75 Å². The summed E-state index contributed by atoms with van der Waals surface area (Å²) in [7, 11) is 0. The van der Waals surface area contributed by atoms with E-state index in [0.29, 0.717) is 12.1 Å². The van der Waals surface area contributed by atoms with Gasteiger partial charge in [0.05, 0.1) is 21.9 Å². The van der Waals surface area contributed by atoms with Gasteiger partial charge in [0.1, 0.15) is 0 Å². The Balaban J connectivity index is 0.000000690. The molecule has 0 aromatic heterocycles. The van der Waals surface area contributed by atoms with Gasteiger partial charge in [-0.05, 0) is 5.75 Å². The number of rotatable bonds is 5. The van der Waals surface area contributed by atoms with E-state index < -0.39 is 38.5 Å². The van der Waals surface area contributed by atoms with Crippen LogP contribution in [0.1, 0.15) is 24.2 Å². The Morgan fingerprint density at radius 2 is 1.67 bits per heavy atom. The molecule has 0 radical (unpaired) electrons. The summed E-state index contributed by atoms with van der Waals surface area (Å²) >= 11 is 0.218. The molecule has 0 saturated heterocycles. The first kappa shape index (κ1) is 19.1. The smallest absolute Gasteiger partial charge is 0.276 e. The van der Waals surface area contributed by atoms with Crippen molar-refractivity contribution in [2.24, 2.45) is 0 Å². The minimum Gasteiger partial charge on any atom is -0.867 e. The van der Waals surface area contributed by atoms with Crippen LogP contribution in [0.2, 0.25) is 8.87 Å². The van der Waals surface area contributed by atoms with Crippen molar-refractivity contribution in [2.75, 3.05) is 0 Å². The molecule has 0 bridgehead atoms. The Morgan fingerprint density at radius 3 is 1.95 bits per heavy atom. The number of carbonyl (C=O) groups excluding carboxylic acids is 1. The number of nitro benzene ring substituents is 2. The Morgan fingerprint density at radius 1 is 1.14 bits per heavy atom. The number of nitro groups is 2. The van der Waals surface area contributed by atoms with Crippen molar-refractivity contribution in [1.29, 1.82) is 0 Å². The van der Waals surface area contributed by atoms with Gasteiger partial charge in [-0.25, -0.2) is 0 Å². The van der Waals surface area contributed by atoms with Gasteiger partial charge in [-0.1, -0.05) is 0 Å². The van der Waals surface area contributed by atoms with E-state index in [9.17, 15) is 35.2 Å². The van der Waals surface area contributed by atoms with Gasteiger partial charge < -0.3 is 15.0 Å². The SMILES string of the molecule is C[CH2][Sn+2][CH2]C.O=C([O-])c1cc([N+](=O)[O-])cc([N+](=O)[O-])c1[O-]. The van der Waals surface area contributed by atoms with Gasteiger partial charge in [0.2, 0.25) is 0 Å². The van der Waals surface area contributed by atoms with Crippen LogP contribution in [0.3, 0.4) is 0 Å². The molecule has 1 aromatic rings. The molecule has 1 aromatic carbocycles. The summed E-state index contributed by atoms with van der Waals surface area (Å²) < 4.78 is 3.03. The van der Waals surface area contributed by atoms with Gasteiger partial charge in [-0.15, -0.1) is 0 Å². The zero-order valence-corrected chi connectivity index (χ0v) is 14.2. The number of non-ortho nitro benzene ring substituents is 1. The molecule has 0 amide bonds. The Bertz CT molecular complexity index is 510. The molecule has 0 aliphatic carbocycles. The fraction of sp³-hybridized carbons (Fsp3) is 0.364. The zero-order chi connectivity index (χ0) is 16.6. The van der Waals surface area contributed by atoms with E-state index in [1.165, 1.54) is 8.87 Å². The fourth-order valence-electron chi connectivity index (χ4n) is 1.24. The molecule has 0 heterocycles. The van der Waals surface area contributed by atoms with Crippen LogP contribution in [-0.2, 0) is 0 Å². The Labute approximate surface area is 130 Å². The summed E-state index contributed by atoms with van der Waals surface area (Å²) in [6.07, 6.45) is 0. The number of carboxylic acid groups (broad SMARTS) is 1. The summed E-state index contributed by atoms with van der Waals surface area (Å²) in [5.74, 6) is -3.42. The third kappa shape index (κ3) is 5.93. The maximum Gasteiger partial charge on any atom is 0.276 e. The molecule has 112 valence electrons. The maximum absolute atomic E-state index is 11.1. The van der Waals surface area contributed by atoms with Crippen LogP contribution < -0.4 is 10.2 Å². The number of aromatic carboxylic acids is 1. The minimum atomic E-state index is -2.00. The fourth-order valence-corrected chi connectivity index (χ4v) is 2.67. The summed E-state index contributed by atoms with van der Waals surface area (Å²) in [4.78, 5) is 28.9. The average molecular weight is 403 g/mol. The third-order valence-electron chi connectivity index (χ3n) is 2.18. The van der Waals surface area contributed by atoms with Crippen molar-refractivity contribution >= 4 is 38.5 Å². The molecule has 0 aliphatic rings. The molecule has 0 spiro atoms. The quantitative estimate of drug-likeness (QED) is 0.395. The van der Waals surface area contributed by atoms with Gasteiger partial charge in [-0.3, -0.25) is 20.2 Å². The van der Waals surface area contributed by atoms with E-state index in [4.69, 9.17) is 0 Å². The molecule has 0 atom stereocenters. The average Bonchev–Trinajstić information content (AvgIpc) is 2.39. The summed E-state index contributed by atoms with van der Waals surface area (Å²) in [6.45, 7) is 4.57. The number of carbonyl (C=O) groups is 1. The van der Waals surface area contributed by atoms with Crippen molar-refractivity contribution < 1.29 is 24.9 Å². The van der Waals surface area contributed by atoms with Crippen molar-refractivity contribution in [3.05, 3.63) is 37.9 Å². The van der Waals surface area contributed by atoms with E-state index in [0.717, 1.165) is 0 Å². The molecular weight excluding hydrogens is 391 g/mol. The van der Waals surface area contributed by atoms with Crippen LogP contribution in [0.15, 0.2) is 12.1 Å². The number of benzene rings is 1. The van der Waals surface area contributed by atoms with E-state index in [1.807, 2.05) is 0 Å². The monoisotopic (exact) mass is 404 g/mol. The number of nitrogens with zero attached hydrogens (tertiary/aromatic N) is 2. The van der Waals surface area contributed by atoms with Crippen LogP contribution >= 0.6 is 0 Å². The normalized spacial score (nSPS) is 9.05. The molecule has 10 heteroatoms. The van der Waals surface area contributed by atoms with E-state index in [-0.39, 0.29) is 21.1 Å². The first-order valence-corrected chi connectivity index (χ1v) is 9.85. The zero-order valence-electron chi connectivity index (χ0n) is 11.3. The van der Waals surface area contributed by atoms with Crippen LogP contribution in [0, 0.1) is 20.2 Å². The van der Waals surface area contributed by atoms with Gasteiger partial charge in [-0.2, -0.15) is 0 Å². The maximum atomic E-state index is 11.1. The second-order valence-electron chi connectivity index (χ2n) is 3.60. The Kier molecular flexibility index (Phi) is 8.27. The van der Waals surface area contributed by atoms with Gasteiger partial charge in [0, 0.05) is 11.6 Å². The van der Waals surface area contributed by atoms with E-state index in [1.54, 1.807) is 0 Å². The number of hydrogen-bond donors (Lipinski definition) is 0. The van der Waals surface area contributed by atoms with Crippen molar-refractivity contribution in [3.63, 3.8) is 0 Å². The molecule has 0 aliphatic heterocycles. The van der Waals surface area contributed by atoms with Gasteiger partial charge in [0.25, 0.3) is 11.4 Å². The second kappa shape index (κ2) is 9.10. The first-order chi connectivity index (χ1) is 9.76. The molecule has 0 fully saturated rings. The second-order valence-corrected chi connectivity index (χ2v) is 9.06. The molecule has 0 N–H and O–H groups in total. The minimum absolute atomic E-state index is 0.218. The predicted molar refractivity (Wildman–Crippen MR) is 70.2 cm³/mol. The molecule has 0 saturated carbocycles. The van der Waals surface area contributed by atoms with Crippen LogP contribution in [0.4, 0.5) is 11.4 Å². The molecule has 21 heavy (non-hydrogen) atoms.